The molecule has 0 amide bonds. The summed E-state index contributed by atoms with van der Waals surface area (Å²) < 4.78 is 2.13. The van der Waals surface area contributed by atoms with Gasteiger partial charge in [0.25, 0.3) is 0 Å². The minimum absolute atomic E-state index is 0.532. The minimum atomic E-state index is -0.754. The maximum absolute atomic E-state index is 10.3. The van der Waals surface area contributed by atoms with E-state index in [2.05, 4.69) is 27.0 Å². The van der Waals surface area contributed by atoms with Crippen LogP contribution in [0.25, 0.3) is 5.69 Å². The average Bonchev–Trinajstić information content (AvgIpc) is 2.79. The van der Waals surface area contributed by atoms with Crippen molar-refractivity contribution in [3.05, 3.63) is 48.0 Å². The Balaban J connectivity index is 2.03. The van der Waals surface area contributed by atoms with E-state index < -0.39 is 5.60 Å². The predicted molar refractivity (Wildman–Crippen MR) is 89.2 cm³/mol. The molecule has 5 heteroatoms. The van der Waals surface area contributed by atoms with Gasteiger partial charge in [0.2, 0.25) is 0 Å². The monoisotopic (exact) mass is 302 g/mol. The third kappa shape index (κ3) is 4.40. The highest BCUT2D eigenvalue weighted by molar-refractivity contribution is 5.35. The first-order valence-corrected chi connectivity index (χ1v) is 7.55. The lowest BCUT2D eigenvalue weighted by Crippen LogP contribution is -2.45. The average molecular weight is 302 g/mol. The zero-order chi connectivity index (χ0) is 16.2. The molecular formula is C17H26N4O. The van der Waals surface area contributed by atoms with E-state index in [4.69, 9.17) is 0 Å². The lowest BCUT2D eigenvalue weighted by Gasteiger charge is -2.27. The summed E-state index contributed by atoms with van der Waals surface area (Å²) in [6.45, 7) is 5.67. The lowest BCUT2D eigenvalue weighted by molar-refractivity contribution is 0.0335. The third-order valence-corrected chi connectivity index (χ3v) is 3.49. The Kier molecular flexibility index (Phi) is 5.34. The molecule has 1 aromatic carbocycles. The Bertz CT molecular complexity index is 590. The van der Waals surface area contributed by atoms with Gasteiger partial charge in [-0.2, -0.15) is 0 Å². The molecule has 22 heavy (non-hydrogen) atoms. The fraction of sp³-hybridized carbons (Fsp3) is 0.471. The molecule has 0 bridgehead atoms. The van der Waals surface area contributed by atoms with Crippen LogP contribution in [0, 0.1) is 6.92 Å². The number of para-hydroxylation sites is 1. The number of benzene rings is 1. The molecule has 1 unspecified atom stereocenters. The van der Waals surface area contributed by atoms with Crippen molar-refractivity contribution in [1.29, 1.82) is 0 Å². The fourth-order valence-electron chi connectivity index (χ4n) is 2.74. The summed E-state index contributed by atoms with van der Waals surface area (Å²) in [5, 5.41) is 13.7. The third-order valence-electron chi connectivity index (χ3n) is 3.49. The number of nitrogens with zero attached hydrogens (tertiary/aromatic N) is 3. The van der Waals surface area contributed by atoms with Crippen LogP contribution in [-0.4, -0.2) is 52.3 Å². The zero-order valence-corrected chi connectivity index (χ0v) is 13.9. The Labute approximate surface area is 132 Å². The highest BCUT2D eigenvalue weighted by atomic mass is 16.3. The van der Waals surface area contributed by atoms with Gasteiger partial charge in [-0.25, -0.2) is 4.98 Å². The molecule has 120 valence electrons. The molecule has 0 aliphatic carbocycles. The Morgan fingerprint density at radius 2 is 1.95 bits per heavy atom. The van der Waals surface area contributed by atoms with Gasteiger partial charge < -0.3 is 15.3 Å². The van der Waals surface area contributed by atoms with E-state index >= 15 is 0 Å². The molecule has 0 spiro atoms. The van der Waals surface area contributed by atoms with Gasteiger partial charge in [0.15, 0.2) is 0 Å². The topological polar surface area (TPSA) is 53.3 Å². The SMILES string of the molecule is Cc1ncc(CNCC(C)(O)CN(C)C)n1-c1ccccc1. The summed E-state index contributed by atoms with van der Waals surface area (Å²) in [6, 6.07) is 10.2. The molecular weight excluding hydrogens is 276 g/mol. The van der Waals surface area contributed by atoms with E-state index in [0.717, 1.165) is 17.2 Å². The van der Waals surface area contributed by atoms with Crippen LogP contribution in [0.5, 0.6) is 0 Å². The maximum atomic E-state index is 10.3. The van der Waals surface area contributed by atoms with Gasteiger partial charge in [0.1, 0.15) is 5.82 Å². The van der Waals surface area contributed by atoms with Gasteiger partial charge in [-0.15, -0.1) is 0 Å². The zero-order valence-electron chi connectivity index (χ0n) is 13.9. The molecule has 1 aromatic heterocycles. The molecule has 0 saturated heterocycles. The van der Waals surface area contributed by atoms with Gasteiger partial charge in [0, 0.05) is 25.3 Å². The summed E-state index contributed by atoms with van der Waals surface area (Å²) in [5.41, 5.74) is 1.44. The second-order valence-corrected chi connectivity index (χ2v) is 6.31. The number of likely N-dealkylation sites (N-methyl/N-ethyl adjacent to an activating group) is 1. The molecule has 0 fully saturated rings. The van der Waals surface area contributed by atoms with Crippen molar-refractivity contribution >= 4 is 0 Å². The number of aliphatic hydroxyl groups is 1. The van der Waals surface area contributed by atoms with Gasteiger partial charge in [-0.3, -0.25) is 4.57 Å². The normalized spacial score (nSPS) is 14.3. The minimum Gasteiger partial charge on any atom is -0.388 e. The van der Waals surface area contributed by atoms with Crippen molar-refractivity contribution in [2.24, 2.45) is 0 Å². The number of imidazole rings is 1. The number of rotatable bonds is 7. The quantitative estimate of drug-likeness (QED) is 0.815. The van der Waals surface area contributed by atoms with Crippen molar-refractivity contribution in [1.82, 2.24) is 19.8 Å². The first-order valence-electron chi connectivity index (χ1n) is 7.55. The van der Waals surface area contributed by atoms with E-state index in [-0.39, 0.29) is 0 Å². The van der Waals surface area contributed by atoms with Crippen LogP contribution in [0.15, 0.2) is 36.5 Å². The molecule has 0 aliphatic rings. The maximum Gasteiger partial charge on any atom is 0.110 e. The first-order chi connectivity index (χ1) is 10.4. The first kappa shape index (κ1) is 16.7. The lowest BCUT2D eigenvalue weighted by atomic mass is 10.1. The number of hydrogen-bond donors (Lipinski definition) is 2. The fourth-order valence-corrected chi connectivity index (χ4v) is 2.74. The number of nitrogens with one attached hydrogen (secondary N) is 1. The molecule has 0 radical (unpaired) electrons. The Hall–Kier alpha value is -1.69. The van der Waals surface area contributed by atoms with Gasteiger partial charge in [-0.05, 0) is 40.1 Å². The van der Waals surface area contributed by atoms with Crippen LogP contribution in [0.4, 0.5) is 0 Å². The van der Waals surface area contributed by atoms with E-state index in [1.165, 1.54) is 0 Å². The van der Waals surface area contributed by atoms with Crippen molar-refractivity contribution in [3.63, 3.8) is 0 Å². The summed E-state index contributed by atoms with van der Waals surface area (Å²) in [5.74, 6) is 0.961. The summed E-state index contributed by atoms with van der Waals surface area (Å²) in [7, 11) is 3.92. The summed E-state index contributed by atoms with van der Waals surface area (Å²) in [4.78, 5) is 6.39. The van der Waals surface area contributed by atoms with Crippen molar-refractivity contribution in [2.45, 2.75) is 26.0 Å². The van der Waals surface area contributed by atoms with Crippen LogP contribution < -0.4 is 5.32 Å². The van der Waals surface area contributed by atoms with Gasteiger partial charge in [0.05, 0.1) is 17.5 Å². The van der Waals surface area contributed by atoms with E-state index in [0.29, 0.717) is 19.6 Å². The second-order valence-electron chi connectivity index (χ2n) is 6.31. The van der Waals surface area contributed by atoms with Crippen LogP contribution in [0.1, 0.15) is 18.4 Å². The number of hydrogen-bond acceptors (Lipinski definition) is 4. The summed E-state index contributed by atoms with van der Waals surface area (Å²) >= 11 is 0. The Morgan fingerprint density at radius 3 is 2.59 bits per heavy atom. The second kappa shape index (κ2) is 7.05. The van der Waals surface area contributed by atoms with Gasteiger partial charge in [-0.1, -0.05) is 18.2 Å². The standard InChI is InChI=1S/C17H26N4O/c1-14-19-11-16(21(14)15-8-6-5-7-9-15)10-18-12-17(2,22)13-20(3)4/h5-9,11,18,22H,10,12-13H2,1-4H3. The van der Waals surface area contributed by atoms with E-state index in [9.17, 15) is 5.11 Å². The molecule has 1 atom stereocenters. The van der Waals surface area contributed by atoms with Crippen molar-refractivity contribution in [3.8, 4) is 5.69 Å². The van der Waals surface area contributed by atoms with Crippen LogP contribution in [0.3, 0.4) is 0 Å². The Morgan fingerprint density at radius 1 is 1.27 bits per heavy atom. The molecule has 0 aliphatic heterocycles. The molecule has 1 heterocycles. The molecule has 5 nitrogen and oxygen atoms in total. The van der Waals surface area contributed by atoms with Gasteiger partial charge >= 0.3 is 0 Å². The van der Waals surface area contributed by atoms with Crippen LogP contribution in [0.2, 0.25) is 0 Å². The van der Waals surface area contributed by atoms with Crippen LogP contribution in [-0.2, 0) is 6.54 Å². The predicted octanol–water partition coefficient (Wildman–Crippen LogP) is 1.58. The van der Waals surface area contributed by atoms with Crippen LogP contribution >= 0.6 is 0 Å². The van der Waals surface area contributed by atoms with E-state index in [1.807, 2.05) is 57.2 Å². The largest absolute Gasteiger partial charge is 0.388 e. The smallest absolute Gasteiger partial charge is 0.110 e. The highest BCUT2D eigenvalue weighted by Crippen LogP contribution is 2.14. The molecule has 2 aromatic rings. The molecule has 0 saturated carbocycles. The number of aromatic nitrogens is 2. The highest BCUT2D eigenvalue weighted by Gasteiger charge is 2.21. The number of aryl methyl sites for hydroxylation is 1. The summed E-state index contributed by atoms with van der Waals surface area (Å²) in [6.07, 6.45) is 1.88. The van der Waals surface area contributed by atoms with Crippen molar-refractivity contribution in [2.75, 3.05) is 27.2 Å². The van der Waals surface area contributed by atoms with Crippen molar-refractivity contribution < 1.29 is 5.11 Å². The molecule has 2 N–H and O–H groups in total. The van der Waals surface area contributed by atoms with E-state index in [1.54, 1.807) is 0 Å². The molecule has 2 rings (SSSR count).